The van der Waals surface area contributed by atoms with Crippen molar-refractivity contribution in [3.63, 3.8) is 0 Å². The summed E-state index contributed by atoms with van der Waals surface area (Å²) in [5, 5.41) is 15.4. The van der Waals surface area contributed by atoms with E-state index in [0.29, 0.717) is 11.3 Å². The lowest BCUT2D eigenvalue weighted by Crippen LogP contribution is -2.14. The molecular formula is C13H11FN4O. The van der Waals surface area contributed by atoms with Crippen LogP contribution in [0.1, 0.15) is 21.6 Å². The second-order valence-corrected chi connectivity index (χ2v) is 4.00. The highest BCUT2D eigenvalue weighted by atomic mass is 19.1. The van der Waals surface area contributed by atoms with Gasteiger partial charge in [-0.05, 0) is 19.1 Å². The molecule has 0 bridgehead atoms. The van der Waals surface area contributed by atoms with Crippen LogP contribution in [0.2, 0.25) is 0 Å². The third-order valence-corrected chi connectivity index (χ3v) is 2.85. The quantitative estimate of drug-likeness (QED) is 0.895. The average molecular weight is 258 g/mol. The summed E-state index contributed by atoms with van der Waals surface area (Å²) >= 11 is 0. The number of aryl methyl sites for hydroxylation is 1. The van der Waals surface area contributed by atoms with Crippen LogP contribution in [0.3, 0.4) is 0 Å². The zero-order valence-corrected chi connectivity index (χ0v) is 10.4. The van der Waals surface area contributed by atoms with Crippen LogP contribution >= 0.6 is 0 Å². The molecule has 2 aromatic rings. The summed E-state index contributed by atoms with van der Waals surface area (Å²) < 4.78 is 15.0. The van der Waals surface area contributed by atoms with Gasteiger partial charge in [-0.25, -0.2) is 4.39 Å². The van der Waals surface area contributed by atoms with Crippen molar-refractivity contribution in [1.29, 1.82) is 5.26 Å². The van der Waals surface area contributed by atoms with Crippen LogP contribution in [0.15, 0.2) is 24.4 Å². The summed E-state index contributed by atoms with van der Waals surface area (Å²) in [6, 6.07) is 5.81. The molecule has 0 aliphatic rings. The van der Waals surface area contributed by atoms with Gasteiger partial charge in [0.25, 0.3) is 5.91 Å². The van der Waals surface area contributed by atoms with Crippen molar-refractivity contribution in [2.45, 2.75) is 6.92 Å². The molecule has 0 saturated heterocycles. The molecule has 6 heteroatoms. The fraction of sp³-hybridized carbons (Fsp3) is 0.154. The highest BCUT2D eigenvalue weighted by Crippen LogP contribution is 2.19. The van der Waals surface area contributed by atoms with E-state index in [4.69, 9.17) is 5.26 Å². The molecule has 19 heavy (non-hydrogen) atoms. The Labute approximate surface area is 109 Å². The predicted octanol–water partition coefficient (Wildman–Crippen LogP) is 1.99. The molecule has 1 aromatic heterocycles. The van der Waals surface area contributed by atoms with Crippen LogP contribution in [0.25, 0.3) is 0 Å². The van der Waals surface area contributed by atoms with Crippen molar-refractivity contribution in [2.75, 3.05) is 5.32 Å². The number of carbonyl (C=O) groups excluding carboxylic acids is 1. The monoisotopic (exact) mass is 258 g/mol. The molecular weight excluding hydrogens is 247 g/mol. The number of hydrogen-bond donors (Lipinski definition) is 1. The van der Waals surface area contributed by atoms with Crippen molar-refractivity contribution in [2.24, 2.45) is 7.05 Å². The summed E-state index contributed by atoms with van der Waals surface area (Å²) in [6.07, 6.45) is 1.43. The van der Waals surface area contributed by atoms with Crippen molar-refractivity contribution < 1.29 is 9.18 Å². The zero-order chi connectivity index (χ0) is 14.0. The molecule has 0 atom stereocenters. The average Bonchev–Trinajstić information content (AvgIpc) is 2.70. The molecule has 0 unspecified atom stereocenters. The zero-order valence-electron chi connectivity index (χ0n) is 10.4. The SMILES string of the molecule is Cc1c(C(=O)Nc2cccc(F)c2C#N)cnn1C. The lowest BCUT2D eigenvalue weighted by atomic mass is 10.1. The number of amides is 1. The Kier molecular flexibility index (Phi) is 3.29. The van der Waals surface area contributed by atoms with Crippen molar-refractivity contribution in [3.05, 3.63) is 47.0 Å². The molecule has 2 rings (SSSR count). The molecule has 1 amide bonds. The molecule has 0 aliphatic carbocycles. The minimum Gasteiger partial charge on any atom is -0.321 e. The Bertz CT molecular complexity index is 684. The standard InChI is InChI=1S/C13H11FN4O/c1-8-10(7-16-18(8)2)13(19)17-12-5-3-4-11(14)9(12)6-15/h3-5,7H,1-2H3,(H,17,19). The molecule has 96 valence electrons. The van der Waals surface area contributed by atoms with Gasteiger partial charge in [0.15, 0.2) is 0 Å². The van der Waals surface area contributed by atoms with Gasteiger partial charge in [0, 0.05) is 12.7 Å². The second kappa shape index (κ2) is 4.90. The number of halogens is 1. The number of rotatable bonds is 2. The number of aromatic nitrogens is 2. The maximum atomic E-state index is 13.4. The molecule has 1 aromatic carbocycles. The third-order valence-electron chi connectivity index (χ3n) is 2.85. The van der Waals surface area contributed by atoms with Gasteiger partial charge in [-0.3, -0.25) is 9.48 Å². The number of benzene rings is 1. The van der Waals surface area contributed by atoms with Crippen molar-refractivity contribution in [3.8, 4) is 6.07 Å². The lowest BCUT2D eigenvalue weighted by Gasteiger charge is -2.07. The smallest absolute Gasteiger partial charge is 0.259 e. The largest absolute Gasteiger partial charge is 0.321 e. The topological polar surface area (TPSA) is 70.7 Å². The molecule has 0 spiro atoms. The Morgan fingerprint density at radius 3 is 2.84 bits per heavy atom. The van der Waals surface area contributed by atoms with E-state index in [1.165, 1.54) is 24.4 Å². The van der Waals surface area contributed by atoms with Crippen LogP contribution in [0, 0.1) is 24.1 Å². The van der Waals surface area contributed by atoms with Crippen LogP contribution < -0.4 is 5.32 Å². The molecule has 0 aliphatic heterocycles. The van der Waals surface area contributed by atoms with E-state index >= 15 is 0 Å². The van der Waals surface area contributed by atoms with E-state index < -0.39 is 11.7 Å². The fourth-order valence-corrected chi connectivity index (χ4v) is 1.65. The molecule has 0 fully saturated rings. The van der Waals surface area contributed by atoms with Crippen LogP contribution in [-0.2, 0) is 7.05 Å². The number of nitrogens with zero attached hydrogens (tertiary/aromatic N) is 3. The highest BCUT2D eigenvalue weighted by Gasteiger charge is 2.15. The molecule has 5 nitrogen and oxygen atoms in total. The number of hydrogen-bond acceptors (Lipinski definition) is 3. The van der Waals surface area contributed by atoms with E-state index in [1.807, 2.05) is 0 Å². The summed E-state index contributed by atoms with van der Waals surface area (Å²) in [5.41, 5.74) is 1.04. The van der Waals surface area contributed by atoms with Crippen LogP contribution in [0.4, 0.5) is 10.1 Å². The maximum absolute atomic E-state index is 13.4. The predicted molar refractivity (Wildman–Crippen MR) is 67.0 cm³/mol. The van der Waals surface area contributed by atoms with Gasteiger partial charge in [-0.2, -0.15) is 10.4 Å². The Morgan fingerprint density at radius 2 is 2.26 bits per heavy atom. The minimum absolute atomic E-state index is 0.149. The highest BCUT2D eigenvalue weighted by molar-refractivity contribution is 6.05. The minimum atomic E-state index is -0.664. The molecule has 1 heterocycles. The Hall–Kier alpha value is -2.68. The summed E-state index contributed by atoms with van der Waals surface area (Å²) in [4.78, 5) is 12.0. The van der Waals surface area contributed by atoms with Crippen LogP contribution in [-0.4, -0.2) is 15.7 Å². The van der Waals surface area contributed by atoms with Gasteiger partial charge < -0.3 is 5.32 Å². The Morgan fingerprint density at radius 1 is 1.53 bits per heavy atom. The number of carbonyl (C=O) groups is 1. The lowest BCUT2D eigenvalue weighted by molar-refractivity contribution is 0.102. The summed E-state index contributed by atoms with van der Waals surface area (Å²) in [5.74, 6) is -1.09. The van der Waals surface area contributed by atoms with Gasteiger partial charge in [0.05, 0.1) is 17.4 Å². The van der Waals surface area contributed by atoms with E-state index in [-0.39, 0.29) is 11.3 Å². The first-order chi connectivity index (χ1) is 9.04. The van der Waals surface area contributed by atoms with Crippen molar-refractivity contribution in [1.82, 2.24) is 9.78 Å². The second-order valence-electron chi connectivity index (χ2n) is 4.00. The normalized spacial score (nSPS) is 10.0. The van der Waals surface area contributed by atoms with Crippen LogP contribution in [0.5, 0.6) is 0 Å². The first kappa shape index (κ1) is 12.8. The summed E-state index contributed by atoms with van der Waals surface area (Å²) in [6.45, 7) is 1.75. The van der Waals surface area contributed by atoms with E-state index in [2.05, 4.69) is 10.4 Å². The van der Waals surface area contributed by atoms with Gasteiger partial charge in [0.1, 0.15) is 17.4 Å². The number of anilines is 1. The van der Waals surface area contributed by atoms with Gasteiger partial charge in [-0.1, -0.05) is 6.07 Å². The number of nitriles is 1. The Balaban J connectivity index is 2.33. The van der Waals surface area contributed by atoms with Gasteiger partial charge >= 0.3 is 0 Å². The number of nitrogens with one attached hydrogen (secondary N) is 1. The first-order valence-electron chi connectivity index (χ1n) is 5.53. The molecule has 0 radical (unpaired) electrons. The molecule has 1 N–H and O–H groups in total. The van der Waals surface area contributed by atoms with Gasteiger partial charge in [-0.15, -0.1) is 0 Å². The van der Waals surface area contributed by atoms with E-state index in [9.17, 15) is 9.18 Å². The summed E-state index contributed by atoms with van der Waals surface area (Å²) in [7, 11) is 1.72. The molecule has 0 saturated carbocycles. The fourth-order valence-electron chi connectivity index (χ4n) is 1.65. The third kappa shape index (κ3) is 2.31. The van der Waals surface area contributed by atoms with E-state index in [1.54, 1.807) is 24.7 Å². The van der Waals surface area contributed by atoms with Gasteiger partial charge in [0.2, 0.25) is 0 Å². The first-order valence-corrected chi connectivity index (χ1v) is 5.53. The van der Waals surface area contributed by atoms with E-state index in [0.717, 1.165) is 0 Å². The maximum Gasteiger partial charge on any atom is 0.259 e. The van der Waals surface area contributed by atoms with Crippen molar-refractivity contribution >= 4 is 11.6 Å².